The van der Waals surface area contributed by atoms with E-state index in [1.807, 2.05) is 35.2 Å². The summed E-state index contributed by atoms with van der Waals surface area (Å²) >= 11 is 6.22. The molecule has 0 spiro atoms. The second-order valence-electron chi connectivity index (χ2n) is 7.23. The van der Waals surface area contributed by atoms with E-state index >= 15 is 0 Å². The Morgan fingerprint density at radius 3 is 2.59 bits per heavy atom. The Kier molecular flexibility index (Phi) is 5.03. The number of aromatic nitrogens is 3. The zero-order chi connectivity index (χ0) is 22.2. The zero-order valence-electron chi connectivity index (χ0n) is 16.5. The number of benzene rings is 3. The highest BCUT2D eigenvalue weighted by atomic mass is 35.5. The molecule has 8 heteroatoms. The van der Waals surface area contributed by atoms with E-state index in [1.165, 1.54) is 12.1 Å². The first-order valence-electron chi connectivity index (χ1n) is 9.74. The Bertz CT molecular complexity index is 1540. The molecule has 0 bridgehead atoms. The number of hydrogen-bond donors (Lipinski definition) is 1. The summed E-state index contributed by atoms with van der Waals surface area (Å²) in [6.07, 6.45) is 1.62. The first-order chi connectivity index (χ1) is 15.5. The Morgan fingerprint density at radius 2 is 1.78 bits per heavy atom. The molecule has 0 radical (unpaired) electrons. The van der Waals surface area contributed by atoms with Crippen molar-refractivity contribution < 1.29 is 8.78 Å². The number of nitrogens with one attached hydrogen (secondary N) is 1. The van der Waals surface area contributed by atoms with Gasteiger partial charge in [-0.3, -0.25) is 9.78 Å². The Labute approximate surface area is 185 Å². The molecule has 0 saturated heterocycles. The summed E-state index contributed by atoms with van der Waals surface area (Å²) in [4.78, 5) is 25.6. The number of aromatic amines is 1. The topological polar surface area (TPSA) is 61.9 Å². The van der Waals surface area contributed by atoms with Gasteiger partial charge in [0.2, 0.25) is 5.56 Å². The Balaban J connectivity index is 1.70. The van der Waals surface area contributed by atoms with Crippen molar-refractivity contribution in [2.45, 2.75) is 6.54 Å². The lowest BCUT2D eigenvalue weighted by molar-refractivity contribution is 0.515. The van der Waals surface area contributed by atoms with Crippen molar-refractivity contribution in [2.75, 3.05) is 4.90 Å². The maximum absolute atomic E-state index is 14.4. The quantitative estimate of drug-likeness (QED) is 0.381. The monoisotopic (exact) mass is 448 g/mol. The minimum Gasteiger partial charge on any atom is -0.321 e. The summed E-state index contributed by atoms with van der Waals surface area (Å²) in [5, 5.41) is 0.911. The SMILES string of the molecule is O=c1cc(CN(c2cccc(Cl)c2)c2cnc3ccccc3n2)c2ccc(F)c(F)c2[nH]1. The Hall–Kier alpha value is -3.84. The van der Waals surface area contributed by atoms with E-state index in [4.69, 9.17) is 16.6 Å². The first-order valence-corrected chi connectivity index (χ1v) is 10.1. The normalized spacial score (nSPS) is 11.2. The van der Waals surface area contributed by atoms with Gasteiger partial charge in [0.1, 0.15) is 0 Å². The third-order valence-corrected chi connectivity index (χ3v) is 5.39. The largest absolute Gasteiger partial charge is 0.321 e. The molecule has 0 unspecified atom stereocenters. The molecule has 1 N–H and O–H groups in total. The van der Waals surface area contributed by atoms with Gasteiger partial charge in [-0.05, 0) is 48.0 Å². The number of pyridine rings is 1. The lowest BCUT2D eigenvalue weighted by Gasteiger charge is -2.25. The summed E-state index contributed by atoms with van der Waals surface area (Å²) in [6.45, 7) is 0.152. The van der Waals surface area contributed by atoms with Gasteiger partial charge in [0.25, 0.3) is 0 Å². The highest BCUT2D eigenvalue weighted by Crippen LogP contribution is 2.30. The van der Waals surface area contributed by atoms with E-state index in [-0.39, 0.29) is 12.1 Å². The lowest BCUT2D eigenvalue weighted by Crippen LogP contribution is -2.20. The van der Waals surface area contributed by atoms with Crippen LogP contribution in [0.3, 0.4) is 0 Å². The number of halogens is 3. The first kappa shape index (κ1) is 20.1. The average molecular weight is 449 g/mol. The van der Waals surface area contributed by atoms with Crippen molar-refractivity contribution in [3.05, 3.63) is 106 Å². The standard InChI is InChI=1S/C24H15ClF2N4O/c25-15-4-3-5-16(11-15)31(21-12-28-19-6-1-2-7-20(19)29-21)13-14-10-22(32)30-24-17(14)8-9-18(26)23(24)27/h1-12H,13H2,(H,30,32). The summed E-state index contributed by atoms with van der Waals surface area (Å²) in [7, 11) is 0. The van der Waals surface area contributed by atoms with Gasteiger partial charge in [-0.1, -0.05) is 29.8 Å². The van der Waals surface area contributed by atoms with Crippen LogP contribution in [0, 0.1) is 11.6 Å². The van der Waals surface area contributed by atoms with Crippen LogP contribution in [0.15, 0.2) is 77.7 Å². The van der Waals surface area contributed by atoms with E-state index in [1.54, 1.807) is 24.4 Å². The van der Waals surface area contributed by atoms with Crippen molar-refractivity contribution in [3.63, 3.8) is 0 Å². The second-order valence-corrected chi connectivity index (χ2v) is 7.66. The summed E-state index contributed by atoms with van der Waals surface area (Å²) in [5.41, 5.74) is 1.92. The molecule has 158 valence electrons. The molecule has 32 heavy (non-hydrogen) atoms. The number of rotatable bonds is 4. The molecule has 0 aliphatic carbocycles. The van der Waals surface area contributed by atoms with Crippen molar-refractivity contribution >= 4 is 45.0 Å². The van der Waals surface area contributed by atoms with Crippen LogP contribution in [0.4, 0.5) is 20.3 Å². The summed E-state index contributed by atoms with van der Waals surface area (Å²) < 4.78 is 28.1. The van der Waals surface area contributed by atoms with E-state index in [9.17, 15) is 13.6 Å². The highest BCUT2D eigenvalue weighted by Gasteiger charge is 2.18. The van der Waals surface area contributed by atoms with Crippen LogP contribution < -0.4 is 10.5 Å². The fourth-order valence-corrected chi connectivity index (χ4v) is 3.85. The van der Waals surface area contributed by atoms with Crippen LogP contribution in [0.1, 0.15) is 5.56 Å². The fraction of sp³-hybridized carbons (Fsp3) is 0.0417. The van der Waals surface area contributed by atoms with E-state index in [0.717, 1.165) is 11.6 Å². The molecule has 0 amide bonds. The number of H-pyrrole nitrogens is 1. The Morgan fingerprint density at radius 1 is 0.969 bits per heavy atom. The van der Waals surface area contributed by atoms with Crippen LogP contribution in [0.2, 0.25) is 5.02 Å². The van der Waals surface area contributed by atoms with Crippen molar-refractivity contribution in [1.82, 2.24) is 15.0 Å². The molecular formula is C24H15ClF2N4O. The second kappa shape index (κ2) is 8.01. The van der Waals surface area contributed by atoms with Crippen LogP contribution in [0.25, 0.3) is 21.9 Å². The third-order valence-electron chi connectivity index (χ3n) is 5.16. The maximum Gasteiger partial charge on any atom is 0.248 e. The van der Waals surface area contributed by atoms with E-state index in [2.05, 4.69) is 9.97 Å². The number of fused-ring (bicyclic) bond motifs is 2. The fourth-order valence-electron chi connectivity index (χ4n) is 3.66. The molecule has 2 aromatic heterocycles. The van der Waals surface area contributed by atoms with Gasteiger partial charge in [-0.25, -0.2) is 13.8 Å². The van der Waals surface area contributed by atoms with Gasteiger partial charge in [-0.2, -0.15) is 0 Å². The highest BCUT2D eigenvalue weighted by molar-refractivity contribution is 6.30. The molecule has 0 fully saturated rings. The predicted octanol–water partition coefficient (Wildman–Crippen LogP) is 5.74. The number of nitrogens with zero attached hydrogens (tertiary/aromatic N) is 3. The van der Waals surface area contributed by atoms with Gasteiger partial charge in [-0.15, -0.1) is 0 Å². The molecule has 3 aromatic carbocycles. The molecule has 5 rings (SSSR count). The van der Waals surface area contributed by atoms with Crippen molar-refractivity contribution in [2.24, 2.45) is 0 Å². The predicted molar refractivity (Wildman–Crippen MR) is 121 cm³/mol. The number of anilines is 2. The lowest BCUT2D eigenvalue weighted by atomic mass is 10.1. The van der Waals surface area contributed by atoms with E-state index in [0.29, 0.717) is 33.0 Å². The summed E-state index contributed by atoms with van der Waals surface area (Å²) in [5.74, 6) is -1.61. The van der Waals surface area contributed by atoms with Gasteiger partial charge in [0.15, 0.2) is 17.5 Å². The van der Waals surface area contributed by atoms with Crippen LogP contribution in [-0.2, 0) is 6.54 Å². The van der Waals surface area contributed by atoms with Crippen molar-refractivity contribution in [3.8, 4) is 0 Å². The average Bonchev–Trinajstić information content (AvgIpc) is 2.79. The van der Waals surface area contributed by atoms with Gasteiger partial charge in [0.05, 0.1) is 29.3 Å². The molecule has 0 saturated carbocycles. The number of para-hydroxylation sites is 2. The van der Waals surface area contributed by atoms with Crippen LogP contribution >= 0.6 is 11.6 Å². The van der Waals surface area contributed by atoms with Crippen molar-refractivity contribution in [1.29, 1.82) is 0 Å². The van der Waals surface area contributed by atoms with Crippen LogP contribution in [0.5, 0.6) is 0 Å². The molecule has 5 nitrogen and oxygen atoms in total. The van der Waals surface area contributed by atoms with Crippen LogP contribution in [-0.4, -0.2) is 15.0 Å². The number of hydrogen-bond acceptors (Lipinski definition) is 4. The summed E-state index contributed by atoms with van der Waals surface area (Å²) in [6, 6.07) is 18.5. The molecular weight excluding hydrogens is 434 g/mol. The molecule has 5 aromatic rings. The van der Waals surface area contributed by atoms with Gasteiger partial charge in [0, 0.05) is 22.2 Å². The zero-order valence-corrected chi connectivity index (χ0v) is 17.3. The van der Waals surface area contributed by atoms with Gasteiger partial charge < -0.3 is 9.88 Å². The molecule has 0 atom stereocenters. The smallest absolute Gasteiger partial charge is 0.248 e. The molecule has 0 aliphatic heterocycles. The molecule has 0 aliphatic rings. The van der Waals surface area contributed by atoms with E-state index < -0.39 is 17.2 Å². The molecule has 2 heterocycles. The minimum atomic E-state index is -1.10. The maximum atomic E-state index is 14.4. The minimum absolute atomic E-state index is 0.152. The third kappa shape index (κ3) is 3.67. The van der Waals surface area contributed by atoms with Gasteiger partial charge >= 0.3 is 0 Å².